The van der Waals surface area contributed by atoms with Crippen LogP contribution in [0, 0.1) is 6.92 Å². The molecule has 0 unspecified atom stereocenters. The molecule has 160 valence electrons. The molecule has 0 saturated carbocycles. The minimum atomic E-state index is 0.407. The summed E-state index contributed by atoms with van der Waals surface area (Å²) in [6.45, 7) is 3.46. The van der Waals surface area contributed by atoms with Gasteiger partial charge in [-0.1, -0.05) is 11.6 Å². The second-order valence-electron chi connectivity index (χ2n) is 7.66. The van der Waals surface area contributed by atoms with Gasteiger partial charge in [-0.05, 0) is 38.0 Å². The van der Waals surface area contributed by atoms with E-state index in [0.29, 0.717) is 22.5 Å². The lowest BCUT2D eigenvalue weighted by molar-refractivity contribution is 0.0846. The Bertz CT molecular complexity index is 1230. The number of nitrogens with one attached hydrogen (secondary N) is 1. The highest BCUT2D eigenvalue weighted by molar-refractivity contribution is 6.30. The lowest BCUT2D eigenvalue weighted by Crippen LogP contribution is -2.14. The average Bonchev–Trinajstić information content (AvgIpc) is 3.40. The van der Waals surface area contributed by atoms with Crippen LogP contribution in [0.3, 0.4) is 0 Å². The van der Waals surface area contributed by atoms with Crippen LogP contribution in [0.15, 0.2) is 47.5 Å². The predicted molar refractivity (Wildman–Crippen MR) is 120 cm³/mol. The smallest absolute Gasteiger partial charge is 0.181 e. The first-order valence-corrected chi connectivity index (χ1v) is 10.6. The van der Waals surface area contributed by atoms with Crippen molar-refractivity contribution in [3.8, 4) is 17.1 Å². The van der Waals surface area contributed by atoms with E-state index in [1.54, 1.807) is 7.11 Å². The molecule has 5 rings (SSSR count). The van der Waals surface area contributed by atoms with Gasteiger partial charge in [0, 0.05) is 43.3 Å². The Kier molecular flexibility index (Phi) is 5.29. The molecule has 4 aromatic rings. The quantitative estimate of drug-likeness (QED) is 0.437. The van der Waals surface area contributed by atoms with Gasteiger partial charge in [-0.2, -0.15) is 0 Å². The van der Waals surface area contributed by atoms with Gasteiger partial charge in [0.15, 0.2) is 17.8 Å². The minimum Gasteiger partial charge on any atom is -0.496 e. The van der Waals surface area contributed by atoms with Gasteiger partial charge < -0.3 is 23.6 Å². The third-order valence-electron chi connectivity index (χ3n) is 5.65. The fourth-order valence-electron chi connectivity index (χ4n) is 4.04. The van der Waals surface area contributed by atoms with E-state index in [0.717, 1.165) is 60.0 Å². The molecule has 0 bridgehead atoms. The highest BCUT2D eigenvalue weighted by atomic mass is 35.5. The zero-order chi connectivity index (χ0) is 21.4. The van der Waals surface area contributed by atoms with Crippen LogP contribution in [-0.4, -0.2) is 34.7 Å². The van der Waals surface area contributed by atoms with E-state index in [9.17, 15) is 0 Å². The van der Waals surface area contributed by atoms with E-state index in [2.05, 4.69) is 16.5 Å². The molecule has 4 heterocycles. The van der Waals surface area contributed by atoms with Crippen molar-refractivity contribution in [3.63, 3.8) is 0 Å². The number of imidazole rings is 1. The average molecular weight is 439 g/mol. The fourth-order valence-corrected chi connectivity index (χ4v) is 4.25. The van der Waals surface area contributed by atoms with E-state index in [-0.39, 0.29) is 0 Å². The third kappa shape index (κ3) is 3.86. The van der Waals surface area contributed by atoms with Gasteiger partial charge >= 0.3 is 0 Å². The molecule has 8 heteroatoms. The summed E-state index contributed by atoms with van der Waals surface area (Å²) in [7, 11) is 1.64. The molecule has 3 aromatic heterocycles. The second-order valence-corrected chi connectivity index (χ2v) is 8.10. The molecule has 1 aliphatic heterocycles. The summed E-state index contributed by atoms with van der Waals surface area (Å²) in [5.74, 6) is 1.79. The van der Waals surface area contributed by atoms with Gasteiger partial charge in [0.1, 0.15) is 5.75 Å². The second kappa shape index (κ2) is 8.24. The van der Waals surface area contributed by atoms with Gasteiger partial charge in [0.05, 0.1) is 34.8 Å². The number of aromatic nitrogens is 3. The van der Waals surface area contributed by atoms with Crippen molar-refractivity contribution < 1.29 is 13.9 Å². The number of ether oxygens (including phenoxy) is 2. The first-order valence-electron chi connectivity index (χ1n) is 10.2. The Balaban J connectivity index is 1.50. The summed E-state index contributed by atoms with van der Waals surface area (Å²) in [4.78, 5) is 9.09. The molecule has 31 heavy (non-hydrogen) atoms. The number of fused-ring (bicyclic) bond motifs is 1. The zero-order valence-corrected chi connectivity index (χ0v) is 18.1. The maximum absolute atomic E-state index is 6.40. The maximum Gasteiger partial charge on any atom is 0.181 e. The van der Waals surface area contributed by atoms with Crippen LogP contribution in [0.25, 0.3) is 17.0 Å². The van der Waals surface area contributed by atoms with Gasteiger partial charge in [-0.3, -0.25) is 0 Å². The number of methoxy groups -OCH3 is 1. The zero-order valence-electron chi connectivity index (χ0n) is 17.4. The monoisotopic (exact) mass is 438 g/mol. The van der Waals surface area contributed by atoms with Crippen LogP contribution in [0.2, 0.25) is 5.02 Å². The number of benzene rings is 1. The molecule has 1 aliphatic rings. The fraction of sp³-hybridized carbons (Fsp3) is 0.304. The number of pyridine rings is 1. The van der Waals surface area contributed by atoms with Crippen molar-refractivity contribution >= 4 is 28.6 Å². The Hall–Kier alpha value is -3.03. The van der Waals surface area contributed by atoms with Crippen molar-refractivity contribution in [2.45, 2.75) is 25.7 Å². The molecule has 1 fully saturated rings. The van der Waals surface area contributed by atoms with E-state index >= 15 is 0 Å². The maximum atomic E-state index is 6.40. The van der Waals surface area contributed by atoms with Gasteiger partial charge in [-0.15, -0.1) is 0 Å². The highest BCUT2D eigenvalue weighted by Crippen LogP contribution is 2.36. The number of nitrogens with zero attached hydrogens (tertiary/aromatic N) is 3. The molecular formula is C23H23ClN4O3. The number of hydrogen-bond donors (Lipinski definition) is 1. The summed E-state index contributed by atoms with van der Waals surface area (Å²) in [6, 6.07) is 7.74. The first kappa shape index (κ1) is 19.9. The van der Waals surface area contributed by atoms with Crippen molar-refractivity contribution in [1.82, 2.24) is 14.4 Å². The molecule has 1 saturated heterocycles. The Morgan fingerprint density at radius 1 is 1.19 bits per heavy atom. The van der Waals surface area contributed by atoms with Crippen LogP contribution >= 0.6 is 11.6 Å². The van der Waals surface area contributed by atoms with E-state index in [1.165, 1.54) is 6.39 Å². The molecule has 0 amide bonds. The largest absolute Gasteiger partial charge is 0.496 e. The molecule has 7 nitrogen and oxygen atoms in total. The first-order chi connectivity index (χ1) is 15.1. The summed E-state index contributed by atoms with van der Waals surface area (Å²) < 4.78 is 18.6. The topological polar surface area (TPSA) is 73.8 Å². The molecule has 1 aromatic carbocycles. The number of hydrogen-bond acceptors (Lipinski definition) is 6. The summed E-state index contributed by atoms with van der Waals surface area (Å²) in [5.41, 5.74) is 5.26. The number of aryl methyl sites for hydroxylation is 1. The van der Waals surface area contributed by atoms with Crippen molar-refractivity contribution in [2.75, 3.05) is 25.6 Å². The highest BCUT2D eigenvalue weighted by Gasteiger charge is 2.20. The van der Waals surface area contributed by atoms with Crippen molar-refractivity contribution in [3.05, 3.63) is 59.5 Å². The van der Waals surface area contributed by atoms with Crippen LogP contribution < -0.4 is 10.1 Å². The van der Waals surface area contributed by atoms with Gasteiger partial charge in [0.2, 0.25) is 0 Å². The SMILES string of the molecule is COc1cc(Nc2cc(Cl)cn3cc(C4CCOCC4)nc23)ccc1-c1ocnc1C. The number of anilines is 2. The van der Waals surface area contributed by atoms with Gasteiger partial charge in [0.25, 0.3) is 0 Å². The Morgan fingerprint density at radius 2 is 2.03 bits per heavy atom. The Morgan fingerprint density at radius 3 is 2.77 bits per heavy atom. The summed E-state index contributed by atoms with van der Waals surface area (Å²) in [5, 5.41) is 4.08. The molecule has 0 aliphatic carbocycles. The van der Waals surface area contributed by atoms with Crippen molar-refractivity contribution in [1.29, 1.82) is 0 Å². The molecular weight excluding hydrogens is 416 g/mol. The van der Waals surface area contributed by atoms with Crippen LogP contribution in [0.1, 0.15) is 30.1 Å². The molecule has 0 atom stereocenters. The number of halogens is 1. The predicted octanol–water partition coefficient (Wildman–Crippen LogP) is 5.60. The van der Waals surface area contributed by atoms with E-state index < -0.39 is 0 Å². The van der Waals surface area contributed by atoms with E-state index in [4.69, 9.17) is 30.5 Å². The number of oxazole rings is 1. The third-order valence-corrected chi connectivity index (χ3v) is 5.85. The van der Waals surface area contributed by atoms with E-state index in [1.807, 2.05) is 41.8 Å². The van der Waals surface area contributed by atoms with Gasteiger partial charge in [-0.25, -0.2) is 9.97 Å². The van der Waals surface area contributed by atoms with Crippen LogP contribution in [0.4, 0.5) is 11.4 Å². The molecule has 0 radical (unpaired) electrons. The standard InChI is InChI=1S/C23H23ClN4O3/c1-14-22(31-13-25-14)18-4-3-17(10-21(18)29-2)26-19-9-16(24)11-28-12-20(27-23(19)28)15-5-7-30-8-6-15/h3-4,9-13,15,26H,5-8H2,1-2H3. The molecule has 1 N–H and O–H groups in total. The normalized spacial score (nSPS) is 14.8. The molecule has 0 spiro atoms. The van der Waals surface area contributed by atoms with Crippen LogP contribution in [0.5, 0.6) is 5.75 Å². The minimum absolute atomic E-state index is 0.407. The summed E-state index contributed by atoms with van der Waals surface area (Å²) in [6.07, 6.45) is 7.36. The Labute approximate surface area is 185 Å². The van der Waals surface area contributed by atoms with Crippen LogP contribution in [-0.2, 0) is 4.74 Å². The lowest BCUT2D eigenvalue weighted by Gasteiger charge is -2.19. The van der Waals surface area contributed by atoms with Crippen molar-refractivity contribution in [2.24, 2.45) is 0 Å². The summed E-state index contributed by atoms with van der Waals surface area (Å²) >= 11 is 6.40. The number of rotatable bonds is 5. The lowest BCUT2D eigenvalue weighted by atomic mass is 9.97.